The maximum atomic E-state index is 11.2. The maximum Gasteiger partial charge on any atom is 0.303 e. The normalized spacial score (nSPS) is 29.4. The minimum absolute atomic E-state index is 0.421. The van der Waals surface area contributed by atoms with Gasteiger partial charge in [0.15, 0.2) is 12.2 Å². The summed E-state index contributed by atoms with van der Waals surface area (Å²) in [5.41, 5.74) is 0.923. The zero-order valence-corrected chi connectivity index (χ0v) is 14.1. The quantitative estimate of drug-likeness (QED) is 0.464. The van der Waals surface area contributed by atoms with E-state index in [-0.39, 0.29) is 0 Å². The predicted octanol–water partition coefficient (Wildman–Crippen LogP) is 1.07. The van der Waals surface area contributed by atoms with Crippen molar-refractivity contribution in [3.8, 4) is 5.75 Å². The lowest BCUT2D eigenvalue weighted by atomic mass is 9.99. The molecule has 1 aliphatic heterocycles. The highest BCUT2D eigenvalue weighted by atomic mass is 32.1. The van der Waals surface area contributed by atoms with E-state index in [1.165, 1.54) is 6.92 Å². The van der Waals surface area contributed by atoms with Gasteiger partial charge in [-0.15, -0.1) is 0 Å². The lowest BCUT2D eigenvalue weighted by Gasteiger charge is -2.40. The monoisotopic (exact) mass is 353 g/mol. The number of aliphatic imine (C=N–C) groups is 1. The summed E-state index contributed by atoms with van der Waals surface area (Å²) in [6, 6.07) is 6.98. The van der Waals surface area contributed by atoms with Crippen LogP contribution in [-0.2, 0) is 20.8 Å². The molecule has 8 heteroatoms. The van der Waals surface area contributed by atoms with Crippen molar-refractivity contribution in [1.29, 1.82) is 0 Å². The number of benzene rings is 1. The number of aliphatic hydroxyl groups is 2. The van der Waals surface area contributed by atoms with Gasteiger partial charge in [0.25, 0.3) is 0 Å². The van der Waals surface area contributed by atoms with Crippen molar-refractivity contribution in [2.75, 3.05) is 0 Å². The molecule has 2 N–H and O–H groups in total. The van der Waals surface area contributed by atoms with Crippen LogP contribution in [0.15, 0.2) is 29.3 Å². The molecule has 1 aliphatic rings. The Morgan fingerprint density at radius 2 is 2.00 bits per heavy atom. The van der Waals surface area contributed by atoms with E-state index in [4.69, 9.17) is 14.2 Å². The average Bonchev–Trinajstić information content (AvgIpc) is 2.55. The summed E-state index contributed by atoms with van der Waals surface area (Å²) in [5.74, 6) is -0.145. The van der Waals surface area contributed by atoms with Gasteiger partial charge in [0, 0.05) is 6.92 Å². The van der Waals surface area contributed by atoms with Gasteiger partial charge in [-0.05, 0) is 36.8 Å². The molecule has 0 amide bonds. The van der Waals surface area contributed by atoms with Crippen LogP contribution in [0.4, 0.5) is 0 Å². The number of ether oxygens (including phenoxy) is 3. The van der Waals surface area contributed by atoms with Gasteiger partial charge in [-0.1, -0.05) is 12.1 Å². The molecule has 0 saturated carbocycles. The van der Waals surface area contributed by atoms with Crippen molar-refractivity contribution >= 4 is 23.3 Å². The summed E-state index contributed by atoms with van der Waals surface area (Å²) in [5, 5.41) is 22.6. The third kappa shape index (κ3) is 4.59. The highest BCUT2D eigenvalue weighted by Gasteiger charge is 2.46. The van der Waals surface area contributed by atoms with Gasteiger partial charge >= 0.3 is 5.97 Å². The molecule has 0 bridgehead atoms. The van der Waals surface area contributed by atoms with E-state index in [0.29, 0.717) is 12.3 Å². The molecular formula is C16H19NO6S. The Balaban J connectivity index is 2.07. The summed E-state index contributed by atoms with van der Waals surface area (Å²) in [6.07, 6.45) is -5.32. The Morgan fingerprint density at radius 1 is 1.33 bits per heavy atom. The standard InChI is InChI=1S/C16H19NO6S/c1-9-13(19)15(22-10(2)18)14(20)16(21-9)23-12-5-3-11(4-6-12)7-17-8-24/h3-6,9,13-16,19-20H,7H2,1-2H3/t9-,13-,14+,15+,16-/m0/s1. The molecule has 0 unspecified atom stereocenters. The Morgan fingerprint density at radius 3 is 2.58 bits per heavy atom. The SMILES string of the molecule is CC(=O)O[C@@H]1[C@@H](O)[C@H](C)O[C@@H](Oc2ccc(CN=C=S)cc2)[C@@H]1O. The van der Waals surface area contributed by atoms with Crippen molar-refractivity contribution in [2.45, 2.75) is 51.1 Å². The van der Waals surface area contributed by atoms with Crippen molar-refractivity contribution in [2.24, 2.45) is 4.99 Å². The summed E-state index contributed by atoms with van der Waals surface area (Å²) >= 11 is 4.52. The molecule has 0 aromatic heterocycles. The van der Waals surface area contributed by atoms with E-state index < -0.39 is 36.7 Å². The van der Waals surface area contributed by atoms with Gasteiger partial charge in [-0.3, -0.25) is 4.79 Å². The number of isothiocyanates is 1. The molecule has 5 atom stereocenters. The van der Waals surface area contributed by atoms with E-state index in [0.717, 1.165) is 5.56 Å². The van der Waals surface area contributed by atoms with E-state index in [1.54, 1.807) is 31.2 Å². The number of carbonyl (C=O) groups is 1. The first-order valence-electron chi connectivity index (χ1n) is 7.40. The van der Waals surface area contributed by atoms with Crippen molar-refractivity contribution < 1.29 is 29.2 Å². The van der Waals surface area contributed by atoms with Crippen LogP contribution >= 0.6 is 12.2 Å². The number of hydrogen-bond donors (Lipinski definition) is 2. The second kappa shape index (κ2) is 8.32. The highest BCUT2D eigenvalue weighted by molar-refractivity contribution is 7.78. The second-order valence-electron chi connectivity index (χ2n) is 5.43. The number of thiocarbonyl (C=S) groups is 1. The minimum Gasteiger partial charge on any atom is -0.462 e. The third-order valence-corrected chi connectivity index (χ3v) is 3.71. The van der Waals surface area contributed by atoms with Crippen LogP contribution < -0.4 is 4.74 Å². The maximum absolute atomic E-state index is 11.2. The van der Waals surface area contributed by atoms with Gasteiger partial charge in [-0.2, -0.15) is 0 Å². The summed E-state index contributed by atoms with van der Waals surface area (Å²) < 4.78 is 16.1. The van der Waals surface area contributed by atoms with Crippen LogP contribution in [0.25, 0.3) is 0 Å². The van der Waals surface area contributed by atoms with Crippen molar-refractivity contribution in [3.05, 3.63) is 29.8 Å². The molecule has 1 heterocycles. The zero-order valence-electron chi connectivity index (χ0n) is 13.3. The Kier molecular flexibility index (Phi) is 6.42. The first-order valence-corrected chi connectivity index (χ1v) is 7.81. The van der Waals surface area contributed by atoms with Gasteiger partial charge in [-0.25, -0.2) is 4.99 Å². The Bertz CT molecular complexity index is 615. The van der Waals surface area contributed by atoms with Crippen LogP contribution in [0.2, 0.25) is 0 Å². The number of esters is 1. The second-order valence-corrected chi connectivity index (χ2v) is 5.62. The first kappa shape index (κ1) is 18.5. The van der Waals surface area contributed by atoms with Crippen LogP contribution in [0.5, 0.6) is 5.75 Å². The fourth-order valence-corrected chi connectivity index (χ4v) is 2.42. The number of nitrogens with zero attached hydrogens (tertiary/aromatic N) is 1. The van der Waals surface area contributed by atoms with E-state index in [9.17, 15) is 15.0 Å². The van der Waals surface area contributed by atoms with Crippen LogP contribution in [0, 0.1) is 0 Å². The average molecular weight is 353 g/mol. The fraction of sp³-hybridized carbons (Fsp3) is 0.500. The number of carbonyl (C=O) groups excluding carboxylic acids is 1. The van der Waals surface area contributed by atoms with Gasteiger partial charge in [0.1, 0.15) is 11.9 Å². The van der Waals surface area contributed by atoms with Gasteiger partial charge < -0.3 is 24.4 Å². The third-order valence-electron chi connectivity index (χ3n) is 3.59. The van der Waals surface area contributed by atoms with Crippen molar-refractivity contribution in [1.82, 2.24) is 0 Å². The van der Waals surface area contributed by atoms with Crippen LogP contribution in [0.3, 0.4) is 0 Å². The Labute approximate surface area is 144 Å². The van der Waals surface area contributed by atoms with Crippen LogP contribution in [-0.4, -0.2) is 52.0 Å². The molecule has 0 spiro atoms. The molecule has 7 nitrogen and oxygen atoms in total. The molecule has 0 aliphatic carbocycles. The first-order chi connectivity index (χ1) is 11.4. The molecule has 1 aromatic carbocycles. The molecule has 130 valence electrons. The fourth-order valence-electron chi connectivity index (χ4n) is 2.36. The van der Waals surface area contributed by atoms with E-state index in [2.05, 4.69) is 22.4 Å². The lowest BCUT2D eigenvalue weighted by Crippen LogP contribution is -2.59. The molecule has 1 saturated heterocycles. The van der Waals surface area contributed by atoms with Gasteiger partial charge in [0.05, 0.1) is 17.8 Å². The number of aliphatic hydroxyl groups excluding tert-OH is 2. The topological polar surface area (TPSA) is 97.6 Å². The summed E-state index contributed by atoms with van der Waals surface area (Å²) in [7, 11) is 0. The van der Waals surface area contributed by atoms with Crippen molar-refractivity contribution in [3.63, 3.8) is 0 Å². The summed E-state index contributed by atoms with van der Waals surface area (Å²) in [6.45, 7) is 3.23. The lowest BCUT2D eigenvalue weighted by molar-refractivity contribution is -0.272. The molecule has 2 rings (SSSR count). The molecule has 1 fully saturated rings. The molecule has 24 heavy (non-hydrogen) atoms. The highest BCUT2D eigenvalue weighted by Crippen LogP contribution is 2.26. The van der Waals surface area contributed by atoms with Gasteiger partial charge in [0.2, 0.25) is 6.29 Å². The Hall–Kier alpha value is -1.83. The minimum atomic E-state index is -1.32. The largest absolute Gasteiger partial charge is 0.462 e. The van der Waals surface area contributed by atoms with E-state index in [1.807, 2.05) is 0 Å². The molecular weight excluding hydrogens is 334 g/mol. The molecule has 1 aromatic rings. The predicted molar refractivity (Wildman–Crippen MR) is 87.7 cm³/mol. The van der Waals surface area contributed by atoms with Crippen LogP contribution in [0.1, 0.15) is 19.4 Å². The van der Waals surface area contributed by atoms with E-state index >= 15 is 0 Å². The number of hydrogen-bond acceptors (Lipinski definition) is 8. The molecule has 0 radical (unpaired) electrons. The zero-order chi connectivity index (χ0) is 17.7. The smallest absolute Gasteiger partial charge is 0.303 e. The number of rotatable bonds is 5. The summed E-state index contributed by atoms with van der Waals surface area (Å²) in [4.78, 5) is 15.0.